The van der Waals surface area contributed by atoms with Crippen LogP contribution in [0.1, 0.15) is 18.4 Å². The summed E-state index contributed by atoms with van der Waals surface area (Å²) >= 11 is 0. The predicted octanol–water partition coefficient (Wildman–Crippen LogP) is 2.70. The van der Waals surface area contributed by atoms with Gasteiger partial charge in [0.2, 0.25) is 0 Å². The number of aryl methyl sites for hydroxylation is 2. The molecule has 1 heterocycles. The van der Waals surface area contributed by atoms with Crippen LogP contribution >= 0.6 is 0 Å². The van der Waals surface area contributed by atoms with Gasteiger partial charge in [0.1, 0.15) is 6.29 Å². The van der Waals surface area contributed by atoms with Crippen LogP contribution in [0.5, 0.6) is 0 Å². The van der Waals surface area contributed by atoms with Crippen molar-refractivity contribution >= 4 is 17.2 Å². The number of hydrogen-bond donors (Lipinski definition) is 0. The Hall–Kier alpha value is -1.57. The number of carbonyl (C=O) groups is 1. The third-order valence-electron chi connectivity index (χ3n) is 2.75. The molecular weight excluding hydrogens is 186 g/mol. The van der Waals surface area contributed by atoms with Crippen LogP contribution in [0.25, 0.3) is 10.9 Å². The molecule has 1 aromatic carbocycles. The van der Waals surface area contributed by atoms with E-state index in [0.29, 0.717) is 6.42 Å². The average Bonchev–Trinajstić information content (AvgIpc) is 2.62. The van der Waals surface area contributed by atoms with E-state index >= 15 is 0 Å². The van der Waals surface area contributed by atoms with Crippen molar-refractivity contribution in [2.24, 2.45) is 7.05 Å². The molecule has 2 aromatic rings. The van der Waals surface area contributed by atoms with E-state index in [2.05, 4.69) is 42.1 Å². The standard InChI is InChI=1S/C13H15NO/c1-14-9-8-12-7-4-6-11(13(12)14)5-2-3-10-15/h4,6-10H,2-3,5H2,1H3. The van der Waals surface area contributed by atoms with E-state index in [4.69, 9.17) is 0 Å². The Bertz CT molecular complexity index is 470. The molecule has 0 spiro atoms. The number of carbonyl (C=O) groups excluding carboxylic acids is 1. The van der Waals surface area contributed by atoms with Crippen molar-refractivity contribution in [1.29, 1.82) is 0 Å². The van der Waals surface area contributed by atoms with Crippen LogP contribution in [0.4, 0.5) is 0 Å². The van der Waals surface area contributed by atoms with Gasteiger partial charge in [-0.05, 0) is 29.9 Å². The molecule has 0 atom stereocenters. The first-order valence-electron chi connectivity index (χ1n) is 5.29. The zero-order chi connectivity index (χ0) is 10.7. The number of benzene rings is 1. The Morgan fingerprint density at radius 2 is 2.20 bits per heavy atom. The largest absolute Gasteiger partial charge is 0.350 e. The van der Waals surface area contributed by atoms with Crippen LogP contribution in [0.2, 0.25) is 0 Å². The Morgan fingerprint density at radius 3 is 3.00 bits per heavy atom. The number of hydrogen-bond acceptors (Lipinski definition) is 1. The van der Waals surface area contributed by atoms with Gasteiger partial charge in [0, 0.05) is 19.7 Å². The molecule has 2 nitrogen and oxygen atoms in total. The van der Waals surface area contributed by atoms with Crippen molar-refractivity contribution in [3.8, 4) is 0 Å². The molecule has 1 aromatic heterocycles. The molecule has 0 aliphatic heterocycles. The maximum absolute atomic E-state index is 10.3. The lowest BCUT2D eigenvalue weighted by Gasteiger charge is -2.04. The van der Waals surface area contributed by atoms with Crippen LogP contribution in [0.3, 0.4) is 0 Å². The van der Waals surface area contributed by atoms with Crippen molar-refractivity contribution in [3.63, 3.8) is 0 Å². The minimum absolute atomic E-state index is 0.654. The molecule has 0 amide bonds. The molecular formula is C13H15NO. The summed E-state index contributed by atoms with van der Waals surface area (Å²) in [5.74, 6) is 0. The number of rotatable bonds is 4. The van der Waals surface area contributed by atoms with Crippen LogP contribution in [-0.4, -0.2) is 10.9 Å². The first-order chi connectivity index (χ1) is 7.33. The maximum atomic E-state index is 10.3. The summed E-state index contributed by atoms with van der Waals surface area (Å²) in [4.78, 5) is 10.3. The fourth-order valence-corrected chi connectivity index (χ4v) is 2.02. The second-order valence-corrected chi connectivity index (χ2v) is 3.84. The van der Waals surface area contributed by atoms with Gasteiger partial charge in [-0.1, -0.05) is 18.2 Å². The lowest BCUT2D eigenvalue weighted by Crippen LogP contribution is -1.92. The highest BCUT2D eigenvalue weighted by Gasteiger charge is 2.03. The monoisotopic (exact) mass is 201 g/mol. The fraction of sp³-hybridized carbons (Fsp3) is 0.308. The number of aldehydes is 1. The second kappa shape index (κ2) is 4.30. The molecule has 0 saturated heterocycles. The van der Waals surface area contributed by atoms with Gasteiger partial charge < -0.3 is 9.36 Å². The highest BCUT2D eigenvalue weighted by atomic mass is 16.1. The highest BCUT2D eigenvalue weighted by molar-refractivity contribution is 5.83. The summed E-state index contributed by atoms with van der Waals surface area (Å²) < 4.78 is 2.14. The lowest BCUT2D eigenvalue weighted by molar-refractivity contribution is -0.107. The van der Waals surface area contributed by atoms with Gasteiger partial charge in [-0.15, -0.1) is 0 Å². The van der Waals surface area contributed by atoms with E-state index in [1.807, 2.05) is 0 Å². The molecule has 2 rings (SSSR count). The third kappa shape index (κ3) is 1.94. The lowest BCUT2D eigenvalue weighted by atomic mass is 10.1. The smallest absolute Gasteiger partial charge is 0.120 e. The number of unbranched alkanes of at least 4 members (excludes halogenated alkanes) is 1. The van der Waals surface area contributed by atoms with Crippen molar-refractivity contribution in [3.05, 3.63) is 36.0 Å². The SMILES string of the molecule is Cn1ccc2cccc(CCCC=O)c21. The maximum Gasteiger partial charge on any atom is 0.120 e. The number of nitrogens with zero attached hydrogens (tertiary/aromatic N) is 1. The minimum Gasteiger partial charge on any atom is -0.350 e. The van der Waals surface area contributed by atoms with Crippen molar-refractivity contribution < 1.29 is 4.79 Å². The number of aromatic nitrogens is 1. The average molecular weight is 201 g/mol. The predicted molar refractivity (Wildman–Crippen MR) is 61.9 cm³/mol. The van der Waals surface area contributed by atoms with E-state index in [1.165, 1.54) is 16.5 Å². The summed E-state index contributed by atoms with van der Waals surface area (Å²) in [6.07, 6.45) is 5.64. The summed E-state index contributed by atoms with van der Waals surface area (Å²) in [6, 6.07) is 8.48. The number of para-hydroxylation sites is 1. The zero-order valence-corrected chi connectivity index (χ0v) is 8.94. The van der Waals surface area contributed by atoms with E-state index in [9.17, 15) is 4.79 Å². The zero-order valence-electron chi connectivity index (χ0n) is 8.94. The molecule has 2 heteroatoms. The highest BCUT2D eigenvalue weighted by Crippen LogP contribution is 2.20. The Morgan fingerprint density at radius 1 is 1.33 bits per heavy atom. The van der Waals surface area contributed by atoms with Crippen molar-refractivity contribution in [1.82, 2.24) is 4.57 Å². The molecule has 0 saturated carbocycles. The summed E-state index contributed by atoms with van der Waals surface area (Å²) in [5.41, 5.74) is 2.63. The molecule has 0 N–H and O–H groups in total. The Kier molecular flexibility index (Phi) is 2.86. The van der Waals surface area contributed by atoms with Crippen LogP contribution < -0.4 is 0 Å². The van der Waals surface area contributed by atoms with Gasteiger partial charge in [0.15, 0.2) is 0 Å². The first-order valence-corrected chi connectivity index (χ1v) is 5.29. The topological polar surface area (TPSA) is 22.0 Å². The van der Waals surface area contributed by atoms with Gasteiger partial charge in [-0.3, -0.25) is 0 Å². The quantitative estimate of drug-likeness (QED) is 0.550. The van der Waals surface area contributed by atoms with E-state index in [1.54, 1.807) is 0 Å². The van der Waals surface area contributed by atoms with Gasteiger partial charge in [-0.2, -0.15) is 0 Å². The number of fused-ring (bicyclic) bond motifs is 1. The normalized spacial score (nSPS) is 10.7. The fourth-order valence-electron chi connectivity index (χ4n) is 2.02. The molecule has 15 heavy (non-hydrogen) atoms. The Labute approximate surface area is 89.5 Å². The molecule has 0 fully saturated rings. The van der Waals surface area contributed by atoms with E-state index < -0.39 is 0 Å². The van der Waals surface area contributed by atoms with Gasteiger partial charge in [0.05, 0.1) is 5.52 Å². The molecule has 0 bridgehead atoms. The Balaban J connectivity index is 2.32. The van der Waals surface area contributed by atoms with Crippen molar-refractivity contribution in [2.45, 2.75) is 19.3 Å². The summed E-state index contributed by atoms with van der Waals surface area (Å²) in [5, 5.41) is 1.28. The van der Waals surface area contributed by atoms with Crippen molar-refractivity contribution in [2.75, 3.05) is 0 Å². The summed E-state index contributed by atoms with van der Waals surface area (Å²) in [6.45, 7) is 0. The molecule has 78 valence electrons. The molecule has 0 unspecified atom stereocenters. The van der Waals surface area contributed by atoms with E-state index in [0.717, 1.165) is 19.1 Å². The van der Waals surface area contributed by atoms with Crippen LogP contribution in [-0.2, 0) is 18.3 Å². The van der Waals surface area contributed by atoms with E-state index in [-0.39, 0.29) is 0 Å². The molecule has 0 aliphatic rings. The second-order valence-electron chi connectivity index (χ2n) is 3.84. The summed E-state index contributed by atoms with van der Waals surface area (Å²) in [7, 11) is 2.06. The third-order valence-corrected chi connectivity index (χ3v) is 2.75. The molecule has 0 aliphatic carbocycles. The first kappa shape index (κ1) is 9.97. The molecule has 0 radical (unpaired) electrons. The van der Waals surface area contributed by atoms with Gasteiger partial charge in [0.25, 0.3) is 0 Å². The minimum atomic E-state index is 0.654. The van der Waals surface area contributed by atoms with Crippen LogP contribution in [0.15, 0.2) is 30.5 Å². The van der Waals surface area contributed by atoms with Crippen LogP contribution in [0, 0.1) is 0 Å². The van der Waals surface area contributed by atoms with Gasteiger partial charge >= 0.3 is 0 Å². The van der Waals surface area contributed by atoms with Gasteiger partial charge in [-0.25, -0.2) is 0 Å².